The summed E-state index contributed by atoms with van der Waals surface area (Å²) < 4.78 is 5.40. The lowest BCUT2D eigenvalue weighted by Crippen LogP contribution is -2.99. The summed E-state index contributed by atoms with van der Waals surface area (Å²) in [7, 11) is 0. The standard InChI is InChI=1S/C12H18N2O5/c1-7-2-3-8(4-9(7)14(17)18)13-12-5-10(16)11(6-15)19-12/h2-4,10-17H,5-6H2,1H3/t10-,11+,12+/m0/s1. The van der Waals surface area contributed by atoms with E-state index in [4.69, 9.17) is 15.1 Å². The summed E-state index contributed by atoms with van der Waals surface area (Å²) in [5, 5.41) is 40.7. The molecule has 106 valence electrons. The molecule has 7 nitrogen and oxygen atoms in total. The lowest BCUT2D eigenvalue weighted by molar-refractivity contribution is -0.991. The average molecular weight is 270 g/mol. The van der Waals surface area contributed by atoms with Crippen LogP contribution in [0.2, 0.25) is 0 Å². The van der Waals surface area contributed by atoms with Crippen molar-refractivity contribution in [2.75, 3.05) is 11.9 Å². The van der Waals surface area contributed by atoms with Gasteiger partial charge in [-0.25, -0.2) is 5.21 Å². The molecule has 1 fully saturated rings. The van der Waals surface area contributed by atoms with Crippen LogP contribution in [0.5, 0.6) is 0 Å². The van der Waals surface area contributed by atoms with E-state index in [1.54, 1.807) is 19.1 Å². The molecule has 0 amide bonds. The van der Waals surface area contributed by atoms with Crippen LogP contribution < -0.4 is 10.5 Å². The zero-order valence-corrected chi connectivity index (χ0v) is 10.5. The summed E-state index contributed by atoms with van der Waals surface area (Å²) in [6, 6.07) is 4.99. The van der Waals surface area contributed by atoms with Crippen molar-refractivity contribution in [1.82, 2.24) is 0 Å². The van der Waals surface area contributed by atoms with E-state index in [0.29, 0.717) is 17.7 Å². The van der Waals surface area contributed by atoms with Crippen LogP contribution in [0.25, 0.3) is 0 Å². The molecule has 1 unspecified atom stereocenters. The number of quaternary nitrogens is 1. The number of aliphatic hydroxyl groups is 2. The van der Waals surface area contributed by atoms with Crippen molar-refractivity contribution < 1.29 is 25.4 Å². The molecular weight excluding hydrogens is 252 g/mol. The van der Waals surface area contributed by atoms with Crippen molar-refractivity contribution in [2.24, 2.45) is 0 Å². The van der Waals surface area contributed by atoms with E-state index >= 15 is 0 Å². The summed E-state index contributed by atoms with van der Waals surface area (Å²) in [6.07, 6.45) is -1.40. The molecular formula is C12H18N2O5. The second kappa shape index (κ2) is 5.83. The van der Waals surface area contributed by atoms with Gasteiger partial charge in [0.1, 0.15) is 12.3 Å². The molecule has 0 aliphatic carbocycles. The Morgan fingerprint density at radius 2 is 2.26 bits per heavy atom. The summed E-state index contributed by atoms with van der Waals surface area (Å²) in [4.78, 5) is 0. The van der Waals surface area contributed by atoms with Gasteiger partial charge in [0.15, 0.2) is 5.69 Å². The van der Waals surface area contributed by atoms with Gasteiger partial charge in [-0.15, -0.1) is 0 Å². The minimum atomic E-state index is -0.984. The monoisotopic (exact) mass is 270 g/mol. The van der Waals surface area contributed by atoms with Crippen molar-refractivity contribution >= 4 is 11.4 Å². The van der Waals surface area contributed by atoms with E-state index in [9.17, 15) is 10.3 Å². The van der Waals surface area contributed by atoms with Crippen molar-refractivity contribution in [2.45, 2.75) is 31.8 Å². The first-order valence-electron chi connectivity index (χ1n) is 6.06. The summed E-state index contributed by atoms with van der Waals surface area (Å²) >= 11 is 0. The Morgan fingerprint density at radius 1 is 1.53 bits per heavy atom. The molecule has 5 N–H and O–H groups in total. The van der Waals surface area contributed by atoms with Gasteiger partial charge in [0.25, 0.3) is 0 Å². The SMILES string of the molecule is Cc1ccc(N[C@H]2C[C@H](O)[C@@H](CO)O2)cc1[NH+]([O-])O. The highest BCUT2D eigenvalue weighted by Crippen LogP contribution is 2.24. The molecule has 0 aromatic heterocycles. The van der Waals surface area contributed by atoms with Crippen LogP contribution in [0.15, 0.2) is 18.2 Å². The number of rotatable bonds is 4. The highest BCUT2D eigenvalue weighted by Gasteiger charge is 2.33. The molecule has 0 spiro atoms. The number of anilines is 1. The summed E-state index contributed by atoms with van der Waals surface area (Å²) in [5.41, 5.74) is 1.51. The van der Waals surface area contributed by atoms with Gasteiger partial charge in [-0.2, -0.15) is 5.23 Å². The third-order valence-corrected chi connectivity index (χ3v) is 3.20. The van der Waals surface area contributed by atoms with E-state index in [0.717, 1.165) is 0 Å². The average Bonchev–Trinajstić information content (AvgIpc) is 2.71. The summed E-state index contributed by atoms with van der Waals surface area (Å²) in [6.45, 7) is 1.48. The quantitative estimate of drug-likeness (QED) is 0.462. The van der Waals surface area contributed by atoms with E-state index in [-0.39, 0.29) is 12.3 Å². The molecule has 0 saturated carbocycles. The number of benzene rings is 1. The first kappa shape index (κ1) is 14.2. The zero-order valence-electron chi connectivity index (χ0n) is 10.5. The Bertz CT molecular complexity index is 440. The molecule has 7 heteroatoms. The van der Waals surface area contributed by atoms with Gasteiger partial charge in [0, 0.05) is 23.7 Å². The molecule has 1 heterocycles. The van der Waals surface area contributed by atoms with Gasteiger partial charge in [-0.05, 0) is 13.0 Å². The fourth-order valence-electron chi connectivity index (χ4n) is 2.11. The van der Waals surface area contributed by atoms with E-state index in [1.807, 2.05) is 0 Å². The lowest BCUT2D eigenvalue weighted by Gasteiger charge is -2.18. The zero-order chi connectivity index (χ0) is 14.0. The van der Waals surface area contributed by atoms with E-state index in [2.05, 4.69) is 5.32 Å². The lowest BCUT2D eigenvalue weighted by atomic mass is 10.1. The molecule has 19 heavy (non-hydrogen) atoms. The second-order valence-electron chi connectivity index (χ2n) is 4.63. The molecule has 1 aliphatic heterocycles. The fraction of sp³-hybridized carbons (Fsp3) is 0.500. The van der Waals surface area contributed by atoms with Crippen LogP contribution in [-0.4, -0.2) is 40.5 Å². The van der Waals surface area contributed by atoms with Crippen LogP contribution in [0.3, 0.4) is 0 Å². The topological polar surface area (TPSA) is 109 Å². The van der Waals surface area contributed by atoms with Crippen molar-refractivity contribution in [3.63, 3.8) is 0 Å². The smallest absolute Gasteiger partial charge is 0.168 e. The first-order valence-corrected chi connectivity index (χ1v) is 6.06. The Hall–Kier alpha value is -1.22. The molecule has 1 aliphatic rings. The van der Waals surface area contributed by atoms with Gasteiger partial charge in [-0.1, -0.05) is 6.07 Å². The van der Waals surface area contributed by atoms with Crippen LogP contribution >= 0.6 is 0 Å². The van der Waals surface area contributed by atoms with E-state index < -0.39 is 23.7 Å². The Labute approximate surface area is 110 Å². The molecule has 0 radical (unpaired) electrons. The van der Waals surface area contributed by atoms with Crippen LogP contribution in [0.1, 0.15) is 12.0 Å². The molecule has 1 aromatic carbocycles. The number of hydrogen-bond acceptors (Lipinski definition) is 6. The van der Waals surface area contributed by atoms with Crippen molar-refractivity contribution in [3.05, 3.63) is 29.0 Å². The number of aryl methyl sites for hydroxylation is 1. The van der Waals surface area contributed by atoms with E-state index in [1.165, 1.54) is 6.07 Å². The molecule has 2 rings (SSSR count). The number of nitrogens with one attached hydrogen (secondary N) is 2. The third kappa shape index (κ3) is 3.21. The van der Waals surface area contributed by atoms with Crippen LogP contribution in [-0.2, 0) is 4.74 Å². The first-order chi connectivity index (χ1) is 9.01. The minimum Gasteiger partial charge on any atom is -0.595 e. The van der Waals surface area contributed by atoms with Crippen LogP contribution in [0, 0.1) is 12.1 Å². The Morgan fingerprint density at radius 3 is 2.84 bits per heavy atom. The van der Waals surface area contributed by atoms with Gasteiger partial charge < -0.3 is 25.5 Å². The van der Waals surface area contributed by atoms with Crippen LogP contribution in [0.4, 0.5) is 11.4 Å². The number of hydrogen-bond donors (Lipinski definition) is 5. The fourth-order valence-corrected chi connectivity index (χ4v) is 2.11. The van der Waals surface area contributed by atoms with Gasteiger partial charge in [-0.3, -0.25) is 0 Å². The highest BCUT2D eigenvalue weighted by molar-refractivity contribution is 5.54. The maximum Gasteiger partial charge on any atom is 0.168 e. The Balaban J connectivity index is 2.06. The highest BCUT2D eigenvalue weighted by atomic mass is 16.8. The Kier molecular flexibility index (Phi) is 4.35. The van der Waals surface area contributed by atoms with Crippen molar-refractivity contribution in [3.8, 4) is 0 Å². The molecule has 1 aromatic rings. The maximum absolute atomic E-state index is 11.0. The maximum atomic E-state index is 11.0. The van der Waals surface area contributed by atoms with Gasteiger partial charge in [0.05, 0.1) is 12.7 Å². The largest absolute Gasteiger partial charge is 0.595 e. The second-order valence-corrected chi connectivity index (χ2v) is 4.63. The van der Waals surface area contributed by atoms with Gasteiger partial charge in [0.2, 0.25) is 0 Å². The molecule has 1 saturated heterocycles. The molecule has 0 bridgehead atoms. The number of aliphatic hydroxyl groups excluding tert-OH is 2. The normalized spacial score (nSPS) is 28.4. The van der Waals surface area contributed by atoms with Crippen molar-refractivity contribution in [1.29, 1.82) is 0 Å². The predicted octanol–water partition coefficient (Wildman–Crippen LogP) is -0.721. The number of ether oxygens (including phenoxy) is 1. The minimum absolute atomic E-state index is 0.224. The predicted molar refractivity (Wildman–Crippen MR) is 66.9 cm³/mol. The third-order valence-electron chi connectivity index (χ3n) is 3.20. The molecule has 4 atom stereocenters. The van der Waals surface area contributed by atoms with Gasteiger partial charge >= 0.3 is 0 Å². The summed E-state index contributed by atoms with van der Waals surface area (Å²) in [5.74, 6) is 0.